The third-order valence-electron chi connectivity index (χ3n) is 1.81. The fraction of sp³-hybridized carbons (Fsp3) is 0.111. The molecule has 0 aliphatic carbocycles. The summed E-state index contributed by atoms with van der Waals surface area (Å²) >= 11 is 11.9. The number of halogens is 2. The molecule has 0 bridgehead atoms. The Morgan fingerprint density at radius 3 is 2.36 bits per heavy atom. The summed E-state index contributed by atoms with van der Waals surface area (Å²) in [6.45, 7) is 0. The largest absolute Gasteiger partial charge is 0.493 e. The van der Waals surface area contributed by atoms with Gasteiger partial charge < -0.3 is 4.74 Å². The van der Waals surface area contributed by atoms with Crippen LogP contribution in [0.5, 0.6) is 5.75 Å². The predicted molar refractivity (Wildman–Crippen MR) is 56.1 cm³/mol. The molecule has 0 spiro atoms. The van der Waals surface area contributed by atoms with Crippen LogP contribution in [0.1, 0.15) is 0 Å². The van der Waals surface area contributed by atoms with Gasteiger partial charge in [-0.1, -0.05) is 23.2 Å². The molecular formula is C9H6Cl2N2O. The highest BCUT2D eigenvalue weighted by molar-refractivity contribution is 6.39. The standard InChI is InChI=1S/C9H6Cl2N2O/c1-14-9-6(11)4-5(10)7-8(9)13-3-2-12-7/h2-4H,1H3. The Morgan fingerprint density at radius 1 is 1.07 bits per heavy atom. The maximum Gasteiger partial charge on any atom is 0.165 e. The van der Waals surface area contributed by atoms with Crippen LogP contribution in [0.15, 0.2) is 18.5 Å². The van der Waals surface area contributed by atoms with E-state index < -0.39 is 0 Å². The summed E-state index contributed by atoms with van der Waals surface area (Å²) in [5.41, 5.74) is 1.17. The minimum Gasteiger partial charge on any atom is -0.493 e. The quantitative estimate of drug-likeness (QED) is 0.753. The Kier molecular flexibility index (Phi) is 2.44. The number of ether oxygens (including phenoxy) is 1. The molecule has 0 unspecified atom stereocenters. The zero-order chi connectivity index (χ0) is 10.1. The van der Waals surface area contributed by atoms with Gasteiger partial charge in [-0.15, -0.1) is 0 Å². The van der Waals surface area contributed by atoms with E-state index in [0.29, 0.717) is 26.8 Å². The lowest BCUT2D eigenvalue weighted by Crippen LogP contribution is -1.91. The molecule has 0 saturated carbocycles. The minimum absolute atomic E-state index is 0.436. The zero-order valence-electron chi connectivity index (χ0n) is 7.29. The van der Waals surface area contributed by atoms with Gasteiger partial charge in [-0.2, -0.15) is 0 Å². The van der Waals surface area contributed by atoms with Crippen LogP contribution in [0.3, 0.4) is 0 Å². The Bertz CT molecular complexity index is 487. The fourth-order valence-corrected chi connectivity index (χ4v) is 1.81. The lowest BCUT2D eigenvalue weighted by molar-refractivity contribution is 0.419. The van der Waals surface area contributed by atoms with Gasteiger partial charge in [0.05, 0.1) is 17.2 Å². The van der Waals surface area contributed by atoms with Gasteiger partial charge >= 0.3 is 0 Å². The van der Waals surface area contributed by atoms with E-state index in [9.17, 15) is 0 Å². The summed E-state index contributed by atoms with van der Waals surface area (Å²) in [4.78, 5) is 8.21. The number of benzene rings is 1. The van der Waals surface area contributed by atoms with E-state index >= 15 is 0 Å². The molecule has 5 heteroatoms. The van der Waals surface area contributed by atoms with E-state index in [-0.39, 0.29) is 0 Å². The first kappa shape index (κ1) is 9.49. The van der Waals surface area contributed by atoms with E-state index in [2.05, 4.69) is 9.97 Å². The monoisotopic (exact) mass is 228 g/mol. The second-order valence-electron chi connectivity index (χ2n) is 2.63. The van der Waals surface area contributed by atoms with Gasteiger partial charge in [-0.25, -0.2) is 4.98 Å². The number of methoxy groups -OCH3 is 1. The van der Waals surface area contributed by atoms with Crippen molar-refractivity contribution in [1.82, 2.24) is 9.97 Å². The van der Waals surface area contributed by atoms with Crippen molar-refractivity contribution in [3.63, 3.8) is 0 Å². The van der Waals surface area contributed by atoms with Crippen LogP contribution < -0.4 is 4.74 Å². The Morgan fingerprint density at radius 2 is 1.71 bits per heavy atom. The topological polar surface area (TPSA) is 35.0 Å². The van der Waals surface area contributed by atoms with Crippen molar-refractivity contribution in [2.24, 2.45) is 0 Å². The van der Waals surface area contributed by atoms with Gasteiger partial charge in [-0.05, 0) is 6.07 Å². The van der Waals surface area contributed by atoms with E-state index in [4.69, 9.17) is 27.9 Å². The average Bonchev–Trinajstić information content (AvgIpc) is 2.18. The number of aromatic nitrogens is 2. The van der Waals surface area contributed by atoms with Crippen LogP contribution in [0.4, 0.5) is 0 Å². The summed E-state index contributed by atoms with van der Waals surface area (Å²) in [5, 5.41) is 0.907. The van der Waals surface area contributed by atoms with Crippen molar-refractivity contribution in [2.45, 2.75) is 0 Å². The van der Waals surface area contributed by atoms with Crippen molar-refractivity contribution < 1.29 is 4.74 Å². The van der Waals surface area contributed by atoms with Crippen molar-refractivity contribution in [2.75, 3.05) is 7.11 Å². The average molecular weight is 229 g/mol. The van der Waals surface area contributed by atoms with Crippen LogP contribution >= 0.6 is 23.2 Å². The van der Waals surface area contributed by atoms with Crippen LogP contribution in [0.2, 0.25) is 10.0 Å². The highest BCUT2D eigenvalue weighted by Gasteiger charge is 2.11. The van der Waals surface area contributed by atoms with Crippen LogP contribution in [0.25, 0.3) is 11.0 Å². The molecule has 0 radical (unpaired) electrons. The molecule has 1 aromatic heterocycles. The van der Waals surface area contributed by atoms with E-state index in [0.717, 1.165) is 0 Å². The molecule has 2 rings (SSSR count). The van der Waals surface area contributed by atoms with Crippen LogP contribution in [0, 0.1) is 0 Å². The maximum absolute atomic E-state index is 5.95. The van der Waals surface area contributed by atoms with Gasteiger partial charge in [0.2, 0.25) is 0 Å². The molecule has 3 nitrogen and oxygen atoms in total. The second kappa shape index (κ2) is 3.59. The van der Waals surface area contributed by atoms with E-state index in [1.807, 2.05) is 0 Å². The Hall–Kier alpha value is -1.06. The summed E-state index contributed by atoms with van der Waals surface area (Å²) in [6.07, 6.45) is 3.14. The third-order valence-corrected chi connectivity index (χ3v) is 2.38. The van der Waals surface area contributed by atoms with Crippen molar-refractivity contribution in [3.05, 3.63) is 28.5 Å². The smallest absolute Gasteiger partial charge is 0.165 e. The molecule has 0 N–H and O–H groups in total. The van der Waals surface area contributed by atoms with E-state index in [1.165, 1.54) is 7.11 Å². The number of rotatable bonds is 1. The lowest BCUT2D eigenvalue weighted by Gasteiger charge is -2.06. The molecule has 1 heterocycles. The summed E-state index contributed by atoms with van der Waals surface area (Å²) in [7, 11) is 1.53. The van der Waals surface area contributed by atoms with Crippen molar-refractivity contribution >= 4 is 34.2 Å². The first-order valence-electron chi connectivity index (χ1n) is 3.86. The SMILES string of the molecule is COc1c(Cl)cc(Cl)c2nccnc12. The van der Waals surface area contributed by atoms with Crippen LogP contribution in [-0.2, 0) is 0 Å². The van der Waals surface area contributed by atoms with Gasteiger partial charge in [0, 0.05) is 12.4 Å². The summed E-state index contributed by atoms with van der Waals surface area (Å²) in [6, 6.07) is 1.60. The molecule has 0 fully saturated rings. The highest BCUT2D eigenvalue weighted by atomic mass is 35.5. The third kappa shape index (κ3) is 1.38. The minimum atomic E-state index is 0.436. The molecule has 14 heavy (non-hydrogen) atoms. The Labute approximate surface area is 90.6 Å². The molecule has 0 amide bonds. The molecule has 0 saturated heterocycles. The molecule has 72 valence electrons. The molecule has 2 aromatic rings. The first-order chi connectivity index (χ1) is 6.74. The second-order valence-corrected chi connectivity index (χ2v) is 3.44. The van der Waals surface area contributed by atoms with E-state index in [1.54, 1.807) is 18.5 Å². The first-order valence-corrected chi connectivity index (χ1v) is 4.62. The van der Waals surface area contributed by atoms with Gasteiger partial charge in [0.15, 0.2) is 5.75 Å². The zero-order valence-corrected chi connectivity index (χ0v) is 8.80. The van der Waals surface area contributed by atoms with Crippen molar-refractivity contribution in [1.29, 1.82) is 0 Å². The summed E-state index contributed by atoms with van der Waals surface area (Å²) in [5.74, 6) is 0.499. The molecule has 0 aliphatic rings. The lowest BCUT2D eigenvalue weighted by atomic mass is 10.3. The van der Waals surface area contributed by atoms with Gasteiger partial charge in [0.25, 0.3) is 0 Å². The number of nitrogens with zero attached hydrogens (tertiary/aromatic N) is 2. The molecule has 1 aromatic carbocycles. The number of fused-ring (bicyclic) bond motifs is 1. The number of hydrogen-bond donors (Lipinski definition) is 0. The molecule has 0 aliphatic heterocycles. The fourth-order valence-electron chi connectivity index (χ4n) is 1.23. The highest BCUT2D eigenvalue weighted by Crippen LogP contribution is 2.35. The summed E-state index contributed by atoms with van der Waals surface area (Å²) < 4.78 is 5.12. The number of hydrogen-bond acceptors (Lipinski definition) is 3. The van der Waals surface area contributed by atoms with Gasteiger partial charge in [-0.3, -0.25) is 4.98 Å². The maximum atomic E-state index is 5.95. The normalized spacial score (nSPS) is 10.5. The van der Waals surface area contributed by atoms with Crippen molar-refractivity contribution in [3.8, 4) is 5.75 Å². The molecule has 0 atom stereocenters. The Balaban J connectivity index is 2.90. The predicted octanol–water partition coefficient (Wildman–Crippen LogP) is 2.95. The molecular weight excluding hydrogens is 223 g/mol. The van der Waals surface area contributed by atoms with Gasteiger partial charge in [0.1, 0.15) is 11.0 Å². The van der Waals surface area contributed by atoms with Crippen LogP contribution in [-0.4, -0.2) is 17.1 Å².